The number of anilines is 1. The topological polar surface area (TPSA) is 118 Å². The van der Waals surface area contributed by atoms with Gasteiger partial charge in [-0.1, -0.05) is 18.2 Å². The fourth-order valence-corrected chi connectivity index (χ4v) is 4.22. The van der Waals surface area contributed by atoms with Gasteiger partial charge in [-0.15, -0.1) is 11.3 Å². The van der Waals surface area contributed by atoms with Gasteiger partial charge in [-0.2, -0.15) is 0 Å². The normalized spacial score (nSPS) is 11.3. The first-order valence-corrected chi connectivity index (χ1v) is 11.0. The number of hydrogen-bond donors (Lipinski definition) is 2. The van der Waals surface area contributed by atoms with Crippen LogP contribution >= 0.6 is 11.3 Å². The van der Waals surface area contributed by atoms with Crippen LogP contribution in [0.3, 0.4) is 0 Å². The van der Waals surface area contributed by atoms with Gasteiger partial charge in [0, 0.05) is 30.1 Å². The maximum Gasteiger partial charge on any atom is 0.293 e. The van der Waals surface area contributed by atoms with Gasteiger partial charge in [0.1, 0.15) is 5.69 Å². The van der Waals surface area contributed by atoms with Crippen LogP contribution in [0.5, 0.6) is 0 Å². The highest BCUT2D eigenvalue weighted by Crippen LogP contribution is 2.27. The van der Waals surface area contributed by atoms with Crippen molar-refractivity contribution in [1.82, 2.24) is 5.32 Å². The zero-order valence-corrected chi connectivity index (χ0v) is 16.5. The van der Waals surface area contributed by atoms with Crippen molar-refractivity contribution in [3.8, 4) is 0 Å². The highest BCUT2D eigenvalue weighted by Gasteiger charge is 2.18. The van der Waals surface area contributed by atoms with Crippen molar-refractivity contribution in [1.29, 1.82) is 0 Å². The van der Waals surface area contributed by atoms with E-state index in [1.807, 2.05) is 30.3 Å². The van der Waals surface area contributed by atoms with Crippen molar-refractivity contribution in [2.24, 2.45) is 0 Å². The number of amides is 1. The molecule has 0 atom stereocenters. The van der Waals surface area contributed by atoms with Crippen LogP contribution in [-0.4, -0.2) is 38.6 Å². The summed E-state index contributed by atoms with van der Waals surface area (Å²) in [6, 6.07) is 13.2. The average molecular weight is 419 g/mol. The molecule has 3 aromatic rings. The monoisotopic (exact) mass is 419 g/mol. The first-order chi connectivity index (χ1) is 13.3. The molecular weight excluding hydrogens is 402 g/mol. The predicted octanol–water partition coefficient (Wildman–Crippen LogP) is 3.05. The van der Waals surface area contributed by atoms with Gasteiger partial charge >= 0.3 is 0 Å². The number of nitrogens with one attached hydrogen (secondary N) is 2. The van der Waals surface area contributed by atoms with Gasteiger partial charge in [-0.3, -0.25) is 14.9 Å². The number of nitrogens with zero attached hydrogens (tertiary/aromatic N) is 1. The molecule has 2 aromatic carbocycles. The summed E-state index contributed by atoms with van der Waals surface area (Å²) in [5, 5.41) is 17.8. The van der Waals surface area contributed by atoms with Crippen molar-refractivity contribution < 1.29 is 18.1 Å². The standard InChI is InChI=1S/C18H17N3O5S2/c1-28(25,26)13-6-7-14(15(11-13)21(23)24)19-8-9-20-18(22)17-10-12-4-2-3-5-16(12)27-17/h2-7,10-11,19H,8-9H2,1H3,(H,20,22). The van der Waals surface area contributed by atoms with Crippen LogP contribution in [0.2, 0.25) is 0 Å². The Morgan fingerprint density at radius 3 is 2.57 bits per heavy atom. The summed E-state index contributed by atoms with van der Waals surface area (Å²) in [7, 11) is -3.54. The summed E-state index contributed by atoms with van der Waals surface area (Å²) in [5.41, 5.74) is -0.146. The van der Waals surface area contributed by atoms with Gasteiger partial charge in [-0.05, 0) is 29.7 Å². The van der Waals surface area contributed by atoms with Gasteiger partial charge in [0.2, 0.25) is 0 Å². The molecule has 0 unspecified atom stereocenters. The van der Waals surface area contributed by atoms with Gasteiger partial charge in [0.15, 0.2) is 9.84 Å². The molecule has 0 aliphatic heterocycles. The predicted molar refractivity (Wildman–Crippen MR) is 109 cm³/mol. The third kappa shape index (κ3) is 4.46. The average Bonchev–Trinajstić information content (AvgIpc) is 3.08. The number of carbonyl (C=O) groups excluding carboxylic acids is 1. The minimum atomic E-state index is -3.54. The zero-order valence-electron chi connectivity index (χ0n) is 14.8. The Kier molecular flexibility index (Phi) is 5.61. The van der Waals surface area contributed by atoms with Crippen molar-refractivity contribution in [2.75, 3.05) is 24.7 Å². The number of carbonyl (C=O) groups is 1. The highest BCUT2D eigenvalue weighted by atomic mass is 32.2. The molecule has 2 N–H and O–H groups in total. The molecule has 0 aliphatic carbocycles. The Bertz CT molecular complexity index is 1120. The SMILES string of the molecule is CS(=O)(=O)c1ccc(NCCNC(=O)c2cc3ccccc3s2)c([N+](=O)[O-])c1. The number of hydrogen-bond acceptors (Lipinski definition) is 7. The molecule has 0 fully saturated rings. The second-order valence-electron chi connectivity index (χ2n) is 6.04. The van der Waals surface area contributed by atoms with Crippen LogP contribution in [0.1, 0.15) is 9.67 Å². The molecule has 0 radical (unpaired) electrons. The lowest BCUT2D eigenvalue weighted by molar-refractivity contribution is -0.384. The van der Waals surface area contributed by atoms with Crippen molar-refractivity contribution in [3.63, 3.8) is 0 Å². The number of sulfone groups is 1. The Morgan fingerprint density at radius 2 is 1.89 bits per heavy atom. The second kappa shape index (κ2) is 7.95. The van der Waals surface area contributed by atoms with Crippen molar-refractivity contribution in [2.45, 2.75) is 4.90 Å². The number of fused-ring (bicyclic) bond motifs is 1. The Hall–Kier alpha value is -2.98. The summed E-state index contributed by atoms with van der Waals surface area (Å²) >= 11 is 1.39. The summed E-state index contributed by atoms with van der Waals surface area (Å²) in [6.45, 7) is 0.494. The van der Waals surface area contributed by atoms with Crippen LogP contribution < -0.4 is 10.6 Å². The molecule has 146 valence electrons. The molecular formula is C18H17N3O5S2. The molecule has 3 rings (SSSR count). The molecule has 0 spiro atoms. The van der Waals surface area contributed by atoms with E-state index in [0.29, 0.717) is 4.88 Å². The quantitative estimate of drug-likeness (QED) is 0.345. The summed E-state index contributed by atoms with van der Waals surface area (Å²) in [5.74, 6) is -0.218. The Morgan fingerprint density at radius 1 is 1.14 bits per heavy atom. The first-order valence-electron chi connectivity index (χ1n) is 8.25. The molecule has 1 aromatic heterocycles. The third-order valence-corrected chi connectivity index (χ3v) is 6.19. The summed E-state index contributed by atoms with van der Waals surface area (Å²) < 4.78 is 24.1. The van der Waals surface area contributed by atoms with E-state index in [0.717, 1.165) is 22.4 Å². The molecule has 0 saturated carbocycles. The lowest BCUT2D eigenvalue weighted by Gasteiger charge is -2.09. The van der Waals surface area contributed by atoms with E-state index in [-0.39, 0.29) is 35.3 Å². The molecule has 1 heterocycles. The lowest BCUT2D eigenvalue weighted by atomic mass is 10.2. The van der Waals surface area contributed by atoms with E-state index in [1.54, 1.807) is 0 Å². The number of nitro benzene ring substituents is 1. The highest BCUT2D eigenvalue weighted by molar-refractivity contribution is 7.90. The lowest BCUT2D eigenvalue weighted by Crippen LogP contribution is -2.28. The van der Waals surface area contributed by atoms with Crippen molar-refractivity contribution in [3.05, 3.63) is 63.5 Å². The van der Waals surface area contributed by atoms with Gasteiger partial charge in [0.25, 0.3) is 11.6 Å². The van der Waals surface area contributed by atoms with E-state index < -0.39 is 14.8 Å². The Balaban J connectivity index is 1.61. The van der Waals surface area contributed by atoms with Crippen LogP contribution in [0.15, 0.2) is 53.4 Å². The maximum atomic E-state index is 12.3. The molecule has 8 nitrogen and oxygen atoms in total. The third-order valence-electron chi connectivity index (χ3n) is 3.97. The van der Waals surface area contributed by atoms with Crippen molar-refractivity contribution >= 4 is 48.5 Å². The minimum Gasteiger partial charge on any atom is -0.378 e. The number of rotatable bonds is 7. The van der Waals surface area contributed by atoms with Crippen LogP contribution in [0, 0.1) is 10.1 Å². The van der Waals surface area contributed by atoms with Crippen LogP contribution in [0.25, 0.3) is 10.1 Å². The van der Waals surface area contributed by atoms with E-state index in [4.69, 9.17) is 0 Å². The van der Waals surface area contributed by atoms with E-state index >= 15 is 0 Å². The number of benzene rings is 2. The largest absolute Gasteiger partial charge is 0.378 e. The fraction of sp³-hybridized carbons (Fsp3) is 0.167. The minimum absolute atomic E-state index is 0.122. The number of thiophene rings is 1. The van der Waals surface area contributed by atoms with Crippen LogP contribution in [0.4, 0.5) is 11.4 Å². The molecule has 10 heteroatoms. The van der Waals surface area contributed by atoms with Gasteiger partial charge in [0.05, 0.1) is 14.7 Å². The van der Waals surface area contributed by atoms with E-state index in [9.17, 15) is 23.3 Å². The van der Waals surface area contributed by atoms with Crippen LogP contribution in [-0.2, 0) is 9.84 Å². The van der Waals surface area contributed by atoms with E-state index in [1.165, 1.54) is 23.5 Å². The fourth-order valence-electron chi connectivity index (χ4n) is 2.60. The summed E-state index contributed by atoms with van der Waals surface area (Å²) in [6.07, 6.45) is 0.989. The zero-order chi connectivity index (χ0) is 20.3. The van der Waals surface area contributed by atoms with Gasteiger partial charge < -0.3 is 10.6 Å². The Labute approximate surface area is 165 Å². The molecule has 0 saturated heterocycles. The first kappa shape index (κ1) is 19.8. The second-order valence-corrected chi connectivity index (χ2v) is 9.14. The molecule has 28 heavy (non-hydrogen) atoms. The molecule has 0 aliphatic rings. The molecule has 0 bridgehead atoms. The maximum absolute atomic E-state index is 12.3. The van der Waals surface area contributed by atoms with Gasteiger partial charge in [-0.25, -0.2) is 8.42 Å². The molecule has 1 amide bonds. The number of nitro groups is 1. The smallest absolute Gasteiger partial charge is 0.293 e. The van der Waals surface area contributed by atoms with E-state index in [2.05, 4.69) is 10.6 Å². The summed E-state index contributed by atoms with van der Waals surface area (Å²) in [4.78, 5) is 23.3.